The second-order valence-corrected chi connectivity index (χ2v) is 6.70. The number of nitrogens with zero attached hydrogens (tertiary/aromatic N) is 1. The molecule has 2 aromatic carbocycles. The summed E-state index contributed by atoms with van der Waals surface area (Å²) in [6, 6.07) is 13.7. The number of hydrogen-bond acceptors (Lipinski definition) is 4. The van der Waals surface area contributed by atoms with Crippen LogP contribution in [-0.2, 0) is 4.79 Å². The van der Waals surface area contributed by atoms with E-state index < -0.39 is 0 Å². The van der Waals surface area contributed by atoms with Crippen LogP contribution in [0.3, 0.4) is 0 Å². The number of anilines is 1. The summed E-state index contributed by atoms with van der Waals surface area (Å²) < 4.78 is 0.441. The van der Waals surface area contributed by atoms with Crippen molar-refractivity contribution in [1.82, 2.24) is 0 Å². The molecule has 0 atom stereocenters. The Hall–Kier alpha value is -1.82. The normalized spacial score (nSPS) is 16.6. The molecule has 110 valence electrons. The van der Waals surface area contributed by atoms with Gasteiger partial charge < -0.3 is 5.11 Å². The molecule has 1 aliphatic rings. The molecule has 1 saturated heterocycles. The molecule has 0 aromatic heterocycles. The van der Waals surface area contributed by atoms with Gasteiger partial charge in [0.15, 0.2) is 4.32 Å². The summed E-state index contributed by atoms with van der Waals surface area (Å²) >= 11 is 12.4. The lowest BCUT2D eigenvalue weighted by Crippen LogP contribution is -2.27. The zero-order chi connectivity index (χ0) is 15.7. The Bertz CT molecular complexity index is 787. The Morgan fingerprint density at radius 1 is 1.18 bits per heavy atom. The van der Waals surface area contributed by atoms with E-state index >= 15 is 0 Å². The number of carbonyl (C=O) groups excluding carboxylic acids is 1. The van der Waals surface area contributed by atoms with Gasteiger partial charge in [0, 0.05) is 11.1 Å². The highest BCUT2D eigenvalue weighted by Gasteiger charge is 2.33. The average Bonchev–Trinajstić information content (AvgIpc) is 2.76. The van der Waals surface area contributed by atoms with Crippen LogP contribution in [0, 0.1) is 0 Å². The van der Waals surface area contributed by atoms with Crippen LogP contribution < -0.4 is 4.90 Å². The zero-order valence-electron chi connectivity index (χ0n) is 11.2. The second-order valence-electron chi connectivity index (χ2n) is 4.59. The third kappa shape index (κ3) is 3.02. The highest BCUT2D eigenvalue weighted by Crippen LogP contribution is 2.36. The number of aromatic hydroxyl groups is 1. The molecule has 0 spiro atoms. The fraction of sp³-hybridized carbons (Fsp3) is 0. The summed E-state index contributed by atoms with van der Waals surface area (Å²) in [5.41, 5.74) is 1.43. The van der Waals surface area contributed by atoms with Crippen molar-refractivity contribution < 1.29 is 9.90 Å². The van der Waals surface area contributed by atoms with Crippen molar-refractivity contribution in [3.8, 4) is 5.75 Å². The lowest BCUT2D eigenvalue weighted by atomic mass is 10.2. The van der Waals surface area contributed by atoms with Crippen LogP contribution in [-0.4, -0.2) is 15.3 Å². The molecular formula is C16H10ClNO2S2. The molecule has 1 aliphatic heterocycles. The summed E-state index contributed by atoms with van der Waals surface area (Å²) in [5.74, 6) is -0.108. The molecule has 0 bridgehead atoms. The van der Waals surface area contributed by atoms with Crippen LogP contribution in [0.25, 0.3) is 6.08 Å². The zero-order valence-corrected chi connectivity index (χ0v) is 13.6. The van der Waals surface area contributed by atoms with Gasteiger partial charge in [-0.3, -0.25) is 9.69 Å². The minimum Gasteiger partial charge on any atom is -0.508 e. The van der Waals surface area contributed by atoms with E-state index in [1.165, 1.54) is 22.7 Å². The van der Waals surface area contributed by atoms with Crippen LogP contribution >= 0.6 is 35.6 Å². The van der Waals surface area contributed by atoms with Crippen molar-refractivity contribution in [2.45, 2.75) is 0 Å². The van der Waals surface area contributed by atoms with E-state index in [2.05, 4.69) is 0 Å². The van der Waals surface area contributed by atoms with Crippen LogP contribution in [0.1, 0.15) is 5.56 Å². The van der Waals surface area contributed by atoms with Gasteiger partial charge >= 0.3 is 0 Å². The van der Waals surface area contributed by atoms with Crippen molar-refractivity contribution in [2.75, 3.05) is 4.90 Å². The monoisotopic (exact) mass is 347 g/mol. The Morgan fingerprint density at radius 2 is 1.91 bits per heavy atom. The van der Waals surface area contributed by atoms with Crippen molar-refractivity contribution in [2.24, 2.45) is 0 Å². The van der Waals surface area contributed by atoms with E-state index in [1.807, 2.05) is 12.1 Å². The van der Waals surface area contributed by atoms with Gasteiger partial charge in [-0.15, -0.1) is 0 Å². The molecule has 0 radical (unpaired) electrons. The molecule has 0 saturated carbocycles. The first kappa shape index (κ1) is 15.1. The summed E-state index contributed by atoms with van der Waals surface area (Å²) in [7, 11) is 0. The molecule has 3 nitrogen and oxygen atoms in total. The number of thiocarbonyl (C=S) groups is 1. The van der Waals surface area contributed by atoms with Gasteiger partial charge in [-0.05, 0) is 35.9 Å². The minimum atomic E-state index is -0.199. The standard InChI is InChI=1S/C16H10ClNO2S2/c17-11-6-4-10(5-7-11)8-14-15(20)18(16(21)22-14)12-2-1-3-13(19)9-12/h1-9,19H/b14-8-. The van der Waals surface area contributed by atoms with Crippen LogP contribution in [0.5, 0.6) is 5.75 Å². The van der Waals surface area contributed by atoms with Crippen LogP contribution in [0.15, 0.2) is 53.4 Å². The quantitative estimate of drug-likeness (QED) is 0.643. The van der Waals surface area contributed by atoms with Crippen molar-refractivity contribution in [3.63, 3.8) is 0 Å². The van der Waals surface area contributed by atoms with E-state index in [1.54, 1.807) is 36.4 Å². The molecule has 6 heteroatoms. The second kappa shape index (κ2) is 6.12. The van der Waals surface area contributed by atoms with Gasteiger partial charge in [-0.1, -0.05) is 53.8 Å². The molecule has 3 rings (SSSR count). The number of hydrogen-bond donors (Lipinski definition) is 1. The smallest absolute Gasteiger partial charge is 0.270 e. The van der Waals surface area contributed by atoms with Gasteiger partial charge in [-0.25, -0.2) is 0 Å². The van der Waals surface area contributed by atoms with E-state index in [9.17, 15) is 9.90 Å². The Kier molecular flexibility index (Phi) is 4.20. The fourth-order valence-corrected chi connectivity index (χ4v) is 3.46. The van der Waals surface area contributed by atoms with E-state index in [0.29, 0.717) is 19.9 Å². The maximum absolute atomic E-state index is 12.5. The molecule has 22 heavy (non-hydrogen) atoms. The van der Waals surface area contributed by atoms with E-state index in [4.69, 9.17) is 23.8 Å². The van der Waals surface area contributed by atoms with Crippen LogP contribution in [0.2, 0.25) is 5.02 Å². The largest absolute Gasteiger partial charge is 0.508 e. The van der Waals surface area contributed by atoms with Crippen molar-refractivity contribution >= 4 is 57.6 Å². The number of rotatable bonds is 2. The number of phenols is 1. The van der Waals surface area contributed by atoms with Gasteiger partial charge in [0.25, 0.3) is 5.91 Å². The number of amides is 1. The summed E-state index contributed by atoms with van der Waals surface area (Å²) in [4.78, 5) is 14.5. The first-order valence-electron chi connectivity index (χ1n) is 6.37. The Labute approximate surface area is 142 Å². The van der Waals surface area contributed by atoms with E-state index in [-0.39, 0.29) is 11.7 Å². The molecule has 1 amide bonds. The highest BCUT2D eigenvalue weighted by molar-refractivity contribution is 8.27. The first-order chi connectivity index (χ1) is 10.5. The van der Waals surface area contributed by atoms with E-state index in [0.717, 1.165) is 5.56 Å². The molecular weight excluding hydrogens is 338 g/mol. The molecule has 1 heterocycles. The molecule has 1 fully saturated rings. The number of phenolic OH excluding ortho intramolecular Hbond substituents is 1. The molecule has 0 unspecified atom stereocenters. The highest BCUT2D eigenvalue weighted by atomic mass is 35.5. The topological polar surface area (TPSA) is 40.5 Å². The third-order valence-electron chi connectivity index (χ3n) is 3.05. The fourth-order valence-electron chi connectivity index (χ4n) is 2.03. The average molecular weight is 348 g/mol. The van der Waals surface area contributed by atoms with Gasteiger partial charge in [0.1, 0.15) is 5.75 Å². The van der Waals surface area contributed by atoms with Crippen molar-refractivity contribution in [1.29, 1.82) is 0 Å². The maximum Gasteiger partial charge on any atom is 0.270 e. The summed E-state index contributed by atoms with van der Waals surface area (Å²) in [5, 5.41) is 10.2. The summed E-state index contributed by atoms with van der Waals surface area (Å²) in [6.07, 6.45) is 1.78. The molecule has 2 aromatic rings. The predicted molar refractivity (Wildman–Crippen MR) is 95.2 cm³/mol. The summed E-state index contributed by atoms with van der Waals surface area (Å²) in [6.45, 7) is 0. The minimum absolute atomic E-state index is 0.0910. The SMILES string of the molecule is O=C1/C(=C/c2ccc(Cl)cc2)SC(=S)N1c1cccc(O)c1. The Morgan fingerprint density at radius 3 is 2.59 bits per heavy atom. The number of thioether (sulfide) groups is 1. The van der Waals surface area contributed by atoms with Gasteiger partial charge in [0.2, 0.25) is 0 Å². The Balaban J connectivity index is 1.93. The van der Waals surface area contributed by atoms with Gasteiger partial charge in [0.05, 0.1) is 10.6 Å². The molecule has 1 N–H and O–H groups in total. The lowest BCUT2D eigenvalue weighted by Gasteiger charge is -2.14. The first-order valence-corrected chi connectivity index (χ1v) is 7.97. The van der Waals surface area contributed by atoms with Gasteiger partial charge in [-0.2, -0.15) is 0 Å². The number of carbonyl (C=O) groups is 1. The number of benzene rings is 2. The third-order valence-corrected chi connectivity index (χ3v) is 4.60. The molecule has 0 aliphatic carbocycles. The lowest BCUT2D eigenvalue weighted by molar-refractivity contribution is -0.113. The van der Waals surface area contributed by atoms with Crippen LogP contribution in [0.4, 0.5) is 5.69 Å². The maximum atomic E-state index is 12.5. The number of halogens is 1. The predicted octanol–water partition coefficient (Wildman–Crippen LogP) is 4.45. The van der Waals surface area contributed by atoms with Crippen molar-refractivity contribution in [3.05, 3.63) is 64.0 Å².